The first kappa shape index (κ1) is 50.9. The maximum absolute atomic E-state index is 4.94. The van der Waals surface area contributed by atoms with Crippen LogP contribution in [0, 0.1) is 3.57 Å². The predicted molar refractivity (Wildman–Crippen MR) is 313 cm³/mol. The van der Waals surface area contributed by atoms with Crippen LogP contribution in [0.4, 0.5) is 28.4 Å². The normalized spacial score (nSPS) is 10.2. The van der Waals surface area contributed by atoms with Crippen LogP contribution in [0.2, 0.25) is 0 Å². The molecule has 10 aromatic carbocycles. The van der Waals surface area contributed by atoms with Crippen molar-refractivity contribution in [3.05, 3.63) is 279 Å². The van der Waals surface area contributed by atoms with Gasteiger partial charge >= 0.3 is 41.3 Å². The number of hydrogen-bond donors (Lipinski definition) is 1. The Morgan fingerprint density at radius 2 is 0.574 bits per heavy atom. The van der Waals surface area contributed by atoms with Gasteiger partial charge in [0.15, 0.2) is 0 Å². The second-order valence-electron chi connectivity index (χ2n) is 15.2. The summed E-state index contributed by atoms with van der Waals surface area (Å²) in [6.45, 7) is 0. The number of nitrogens with zero attached hydrogens (tertiary/aromatic N) is 1. The van der Waals surface area contributed by atoms with E-state index < -0.39 is 0 Å². The molecule has 2 nitrogen and oxygen atoms in total. The maximum atomic E-state index is 4.94. The molecule has 0 amide bonds. The standard InChI is InChI=1S/C30H22BrN.C18H15N.C12H8BrI.BI2/c31-27-17-11-24(12-18-27)26-15-21-30(22-16-26)32(28-9-5-2-6-10-28)29-19-13-25(14-20-29)23-7-3-1-4-8-23;1-3-7-15(8-4-1)16-11-13-18(14-12-16)19-17-9-5-2-6-10-17;13-11-5-1-9(2-6-11)10-3-7-12(14)8-4-10;1-3-2/h1-22H;1-14,19H;1-8H;/q;;;-1. The Bertz CT molecular complexity index is 2940. The molecule has 10 rings (SSSR count). The zero-order valence-corrected chi connectivity index (χ0v) is 46.5. The number of para-hydroxylation sites is 2. The summed E-state index contributed by atoms with van der Waals surface area (Å²) in [6.07, 6.45) is 0. The molecule has 1 N–H and O–H groups in total. The van der Waals surface area contributed by atoms with Crippen molar-refractivity contribution in [1.82, 2.24) is 0 Å². The van der Waals surface area contributed by atoms with Gasteiger partial charge in [0.1, 0.15) is 0 Å². The van der Waals surface area contributed by atoms with Crippen LogP contribution in [0.15, 0.2) is 276 Å². The zero-order chi connectivity index (χ0) is 47.3. The molecule has 0 bridgehead atoms. The fraction of sp³-hybridized carbons (Fsp3) is 0. The molecular formula is C60H45BBr2I3N2-. The number of benzene rings is 10. The summed E-state index contributed by atoms with van der Waals surface area (Å²) in [5.74, 6) is 0. The van der Waals surface area contributed by atoms with E-state index in [9.17, 15) is 0 Å². The molecule has 0 heterocycles. The molecule has 0 saturated carbocycles. The van der Waals surface area contributed by atoms with E-state index in [0.29, 0.717) is 0 Å². The van der Waals surface area contributed by atoms with Crippen LogP contribution < -0.4 is 27.2 Å². The van der Waals surface area contributed by atoms with Crippen LogP contribution in [-0.2, 0) is 0 Å². The van der Waals surface area contributed by atoms with Crippen LogP contribution >= 0.6 is 73.1 Å². The average Bonchev–Trinajstić information content (AvgIpc) is 3.40. The van der Waals surface area contributed by atoms with E-state index in [-0.39, 0.29) is 17.0 Å². The van der Waals surface area contributed by atoms with Gasteiger partial charge in [0.2, 0.25) is 0 Å². The van der Waals surface area contributed by atoms with Crippen molar-refractivity contribution < 1.29 is 17.0 Å². The summed E-state index contributed by atoms with van der Waals surface area (Å²) in [7, 11) is 0. The third kappa shape index (κ3) is 15.5. The van der Waals surface area contributed by atoms with Crippen LogP contribution in [0.1, 0.15) is 0 Å². The van der Waals surface area contributed by atoms with Gasteiger partial charge in [0, 0.05) is 41.0 Å². The number of rotatable bonds is 9. The number of anilines is 5. The van der Waals surface area contributed by atoms with Gasteiger partial charge in [-0.05, 0) is 164 Å². The van der Waals surface area contributed by atoms with Crippen molar-refractivity contribution in [1.29, 1.82) is 0 Å². The van der Waals surface area contributed by atoms with E-state index in [4.69, 9.17) is 5.70 Å². The van der Waals surface area contributed by atoms with Gasteiger partial charge < -0.3 is 10.2 Å². The van der Waals surface area contributed by atoms with Crippen molar-refractivity contribution in [3.63, 3.8) is 0 Å². The summed E-state index contributed by atoms with van der Waals surface area (Å²) in [4.78, 5) is 2.29. The van der Waals surface area contributed by atoms with Crippen molar-refractivity contribution in [2.75, 3.05) is 10.2 Å². The van der Waals surface area contributed by atoms with Gasteiger partial charge in [-0.1, -0.05) is 202 Å². The SMILES string of the molecule is Brc1ccc(-c2ccc(I)cc2)cc1.Brc1ccc(-c2ccc(N(c3ccccc3)c3ccc(-c4ccccc4)cc3)cc2)cc1.[B][I-]I.c1ccc(Nc2ccc(-c3ccccc3)cc2)cc1. The smallest absolute Gasteiger partial charge is 0.0384 e. The molecule has 334 valence electrons. The number of nitrogens with one attached hydrogen (secondary N) is 1. The predicted octanol–water partition coefficient (Wildman–Crippen LogP) is 16.6. The number of hydrogen-bond acceptors (Lipinski definition) is 2. The van der Waals surface area contributed by atoms with Crippen molar-refractivity contribution in [3.8, 4) is 44.5 Å². The van der Waals surface area contributed by atoms with Gasteiger partial charge in [0.05, 0.1) is 0 Å². The second-order valence-corrected chi connectivity index (χ2v) is 21.9. The third-order valence-corrected chi connectivity index (χ3v) is 12.4. The molecule has 10 aromatic rings. The Labute approximate surface area is 453 Å². The minimum absolute atomic E-state index is 0.0600. The topological polar surface area (TPSA) is 15.3 Å². The molecule has 0 saturated heterocycles. The molecular weight excluding hydrogens is 1300 g/mol. The Kier molecular flexibility index (Phi) is 20.4. The molecule has 0 aliphatic heterocycles. The van der Waals surface area contributed by atoms with Crippen molar-refractivity contribution in [2.45, 2.75) is 0 Å². The van der Waals surface area contributed by atoms with Crippen molar-refractivity contribution >= 4 is 107 Å². The van der Waals surface area contributed by atoms with E-state index in [1.54, 1.807) is 0 Å². The average molecular weight is 1350 g/mol. The minimum atomic E-state index is 0.0600. The summed E-state index contributed by atoms with van der Waals surface area (Å²) < 4.78 is 3.47. The van der Waals surface area contributed by atoms with E-state index in [0.717, 1.165) is 37.4 Å². The maximum Gasteiger partial charge on any atom is 0.0384 e. The van der Waals surface area contributed by atoms with Gasteiger partial charge in [-0.3, -0.25) is 0 Å². The zero-order valence-electron chi connectivity index (χ0n) is 36.8. The Hall–Kier alpha value is -4.99. The van der Waals surface area contributed by atoms with Gasteiger partial charge in [0.25, 0.3) is 0 Å². The fourth-order valence-electron chi connectivity index (χ4n) is 7.25. The Morgan fingerprint density at radius 3 is 0.941 bits per heavy atom. The Morgan fingerprint density at radius 1 is 0.324 bits per heavy atom. The van der Waals surface area contributed by atoms with Gasteiger partial charge in [-0.15, -0.1) is 0 Å². The molecule has 0 atom stereocenters. The summed E-state index contributed by atoms with van der Waals surface area (Å²) in [5.41, 5.74) is 20.4. The first-order valence-electron chi connectivity index (χ1n) is 21.7. The van der Waals surface area contributed by atoms with Crippen molar-refractivity contribution in [2.24, 2.45) is 0 Å². The van der Waals surface area contributed by atoms with Crippen LogP contribution in [0.5, 0.6) is 0 Å². The number of halogens is 5. The molecule has 0 aliphatic carbocycles. The largest absolute Gasteiger partial charge is 0.356 e. The monoisotopic (exact) mass is 1340 g/mol. The second kappa shape index (κ2) is 27.3. The molecule has 0 unspecified atom stereocenters. The Balaban J connectivity index is 0.000000161. The fourth-order valence-corrected chi connectivity index (χ4v) is 8.14. The molecule has 0 spiro atoms. The van der Waals surface area contributed by atoms with E-state index in [1.807, 2.05) is 30.3 Å². The minimum Gasteiger partial charge on any atom is -0.356 e. The summed E-state index contributed by atoms with van der Waals surface area (Å²) in [5, 5.41) is 3.38. The van der Waals surface area contributed by atoms with E-state index in [1.165, 1.54) is 48.1 Å². The summed E-state index contributed by atoms with van der Waals surface area (Å²) in [6, 6.07) is 92.9. The quantitative estimate of drug-likeness (QED) is 0.114. The third-order valence-electron chi connectivity index (χ3n) is 10.6. The molecule has 2 radical (unpaired) electrons. The molecule has 0 aliphatic rings. The first-order valence-corrected chi connectivity index (χ1v) is 31.9. The van der Waals surface area contributed by atoms with Crippen LogP contribution in [-0.4, -0.2) is 5.70 Å². The van der Waals surface area contributed by atoms with Gasteiger partial charge in [-0.25, -0.2) is 0 Å². The summed E-state index contributed by atoms with van der Waals surface area (Å²) >= 11 is 11.5. The van der Waals surface area contributed by atoms with Gasteiger partial charge in [-0.2, -0.15) is 0 Å². The van der Waals surface area contributed by atoms with E-state index in [2.05, 4.69) is 320 Å². The van der Waals surface area contributed by atoms with E-state index >= 15 is 0 Å². The van der Waals surface area contributed by atoms with Crippen LogP contribution in [0.3, 0.4) is 0 Å². The molecule has 0 aromatic heterocycles. The molecule has 0 fully saturated rings. The van der Waals surface area contributed by atoms with Crippen LogP contribution in [0.25, 0.3) is 44.5 Å². The molecule has 68 heavy (non-hydrogen) atoms. The first-order chi connectivity index (χ1) is 33.4. The molecule has 8 heteroatoms.